The van der Waals surface area contributed by atoms with Gasteiger partial charge in [-0.25, -0.2) is 0 Å². The smallest absolute Gasteiger partial charge is 0.233 e. The van der Waals surface area contributed by atoms with E-state index >= 15 is 0 Å². The van der Waals surface area contributed by atoms with E-state index in [1.807, 2.05) is 40.8 Å². The molecule has 1 aromatic heterocycles. The van der Waals surface area contributed by atoms with Crippen molar-refractivity contribution in [2.24, 2.45) is 0 Å². The van der Waals surface area contributed by atoms with Crippen molar-refractivity contribution in [3.63, 3.8) is 0 Å². The number of amides is 2. The Morgan fingerprint density at radius 1 is 1.30 bits per heavy atom. The molecule has 3 rings (SSSR count). The van der Waals surface area contributed by atoms with E-state index in [9.17, 15) is 9.59 Å². The topological polar surface area (TPSA) is 80.1 Å². The van der Waals surface area contributed by atoms with Gasteiger partial charge in [0, 0.05) is 25.7 Å². The zero-order valence-corrected chi connectivity index (χ0v) is 16.5. The maximum atomic E-state index is 12.6. The Hall–Kier alpha value is -2.35. The third-order valence-electron chi connectivity index (χ3n) is 4.80. The van der Waals surface area contributed by atoms with E-state index < -0.39 is 0 Å². The predicted molar refractivity (Wildman–Crippen MR) is 106 cm³/mol. The summed E-state index contributed by atoms with van der Waals surface area (Å²) in [7, 11) is 1.90. The molecule has 2 amide bonds. The second-order valence-electron chi connectivity index (χ2n) is 6.80. The van der Waals surface area contributed by atoms with Crippen LogP contribution in [0.2, 0.25) is 0 Å². The number of anilines is 1. The molecule has 8 heteroatoms. The van der Waals surface area contributed by atoms with Crippen LogP contribution in [0.4, 0.5) is 5.69 Å². The maximum Gasteiger partial charge on any atom is 0.233 e. The zero-order chi connectivity index (χ0) is 19.2. The quantitative estimate of drug-likeness (QED) is 0.771. The van der Waals surface area contributed by atoms with Crippen LogP contribution in [0, 0.1) is 0 Å². The highest BCUT2D eigenvalue weighted by Crippen LogP contribution is 2.25. The van der Waals surface area contributed by atoms with Crippen LogP contribution in [0.15, 0.2) is 35.7 Å². The molecule has 7 nitrogen and oxygen atoms in total. The molecular weight excluding hydrogens is 362 g/mol. The second kappa shape index (κ2) is 9.03. The maximum absolute atomic E-state index is 12.6. The molecule has 1 aliphatic rings. The number of aromatic nitrogens is 3. The molecule has 1 fully saturated rings. The van der Waals surface area contributed by atoms with Crippen molar-refractivity contribution in [3.05, 3.63) is 30.6 Å². The Kier molecular flexibility index (Phi) is 6.49. The fraction of sp³-hybridized carbons (Fsp3) is 0.474. The fourth-order valence-corrected chi connectivity index (χ4v) is 4.19. The van der Waals surface area contributed by atoms with Gasteiger partial charge in [-0.2, -0.15) is 0 Å². The van der Waals surface area contributed by atoms with Crippen LogP contribution < -0.4 is 5.32 Å². The number of rotatable bonds is 6. The van der Waals surface area contributed by atoms with Crippen LogP contribution in [-0.4, -0.2) is 50.3 Å². The molecule has 0 radical (unpaired) electrons. The number of nitrogens with one attached hydrogen (secondary N) is 1. The van der Waals surface area contributed by atoms with E-state index in [2.05, 4.69) is 15.5 Å². The molecule has 0 bridgehead atoms. The van der Waals surface area contributed by atoms with E-state index in [0.29, 0.717) is 22.6 Å². The zero-order valence-electron chi connectivity index (χ0n) is 15.7. The highest BCUT2D eigenvalue weighted by atomic mass is 32.2. The molecule has 1 N–H and O–H groups in total. The standard InChI is InChI=1S/C19H25N5O2S/c1-14(25)21-15-7-6-10-17(11-15)24-13-20-22-19(24)27-12-18(26)23(2)16-8-4-3-5-9-16/h6-7,10-11,13,16H,3-5,8-9,12H2,1-2H3,(H,21,25). The molecule has 0 aliphatic heterocycles. The Bertz CT molecular complexity index is 801. The van der Waals surface area contributed by atoms with Crippen LogP contribution in [0.1, 0.15) is 39.0 Å². The van der Waals surface area contributed by atoms with Crippen LogP contribution in [0.3, 0.4) is 0 Å². The number of hydrogen-bond donors (Lipinski definition) is 1. The number of nitrogens with zero attached hydrogens (tertiary/aromatic N) is 4. The first kappa shape index (κ1) is 19.4. The van der Waals surface area contributed by atoms with Gasteiger partial charge in [-0.05, 0) is 31.0 Å². The number of hydrogen-bond acceptors (Lipinski definition) is 5. The first-order chi connectivity index (χ1) is 13.0. The lowest BCUT2D eigenvalue weighted by molar-refractivity contribution is -0.129. The molecule has 0 atom stereocenters. The van der Waals surface area contributed by atoms with Crippen molar-refractivity contribution in [1.29, 1.82) is 0 Å². The summed E-state index contributed by atoms with van der Waals surface area (Å²) >= 11 is 1.38. The van der Waals surface area contributed by atoms with Crippen molar-refractivity contribution >= 4 is 29.3 Å². The van der Waals surface area contributed by atoms with Crippen LogP contribution >= 0.6 is 11.8 Å². The van der Waals surface area contributed by atoms with Gasteiger partial charge in [-0.3, -0.25) is 14.2 Å². The molecular formula is C19H25N5O2S. The molecule has 1 heterocycles. The minimum Gasteiger partial charge on any atom is -0.342 e. The molecule has 0 unspecified atom stereocenters. The molecule has 1 saturated carbocycles. The first-order valence-corrected chi connectivity index (χ1v) is 10.2. The van der Waals surface area contributed by atoms with E-state index in [1.54, 1.807) is 6.33 Å². The summed E-state index contributed by atoms with van der Waals surface area (Å²) < 4.78 is 1.82. The minimum atomic E-state index is -0.123. The van der Waals surface area contributed by atoms with Crippen LogP contribution in [0.25, 0.3) is 5.69 Å². The highest BCUT2D eigenvalue weighted by molar-refractivity contribution is 7.99. The average molecular weight is 388 g/mol. The number of thioether (sulfide) groups is 1. The summed E-state index contributed by atoms with van der Waals surface area (Å²) in [5, 5.41) is 11.5. The van der Waals surface area contributed by atoms with E-state index in [4.69, 9.17) is 0 Å². The van der Waals surface area contributed by atoms with E-state index in [0.717, 1.165) is 18.5 Å². The van der Waals surface area contributed by atoms with E-state index in [1.165, 1.54) is 37.9 Å². The van der Waals surface area contributed by atoms with Gasteiger partial charge in [0.2, 0.25) is 11.8 Å². The third kappa shape index (κ3) is 5.09. The fourth-order valence-electron chi connectivity index (χ4n) is 3.34. The summed E-state index contributed by atoms with van der Waals surface area (Å²) in [4.78, 5) is 25.7. The van der Waals surface area contributed by atoms with Crippen molar-refractivity contribution in [2.45, 2.75) is 50.2 Å². The summed E-state index contributed by atoms with van der Waals surface area (Å²) in [6, 6.07) is 7.81. The van der Waals surface area contributed by atoms with E-state index in [-0.39, 0.29) is 11.8 Å². The van der Waals surface area contributed by atoms with Crippen molar-refractivity contribution in [2.75, 3.05) is 18.1 Å². The van der Waals surface area contributed by atoms with Crippen LogP contribution in [0.5, 0.6) is 0 Å². The lowest BCUT2D eigenvalue weighted by Gasteiger charge is -2.31. The minimum absolute atomic E-state index is 0.119. The Morgan fingerprint density at radius 3 is 2.81 bits per heavy atom. The normalized spacial score (nSPS) is 14.7. The highest BCUT2D eigenvalue weighted by Gasteiger charge is 2.22. The number of benzene rings is 1. The summed E-state index contributed by atoms with van der Waals surface area (Å²) in [6.45, 7) is 1.47. The summed E-state index contributed by atoms with van der Waals surface area (Å²) in [5.41, 5.74) is 1.54. The third-order valence-corrected chi connectivity index (χ3v) is 5.73. The molecule has 0 spiro atoms. The number of carbonyl (C=O) groups excluding carboxylic acids is 2. The van der Waals surface area contributed by atoms with Gasteiger partial charge in [0.1, 0.15) is 6.33 Å². The molecule has 0 saturated heterocycles. The largest absolute Gasteiger partial charge is 0.342 e. The predicted octanol–water partition coefficient (Wildman–Crippen LogP) is 3.11. The first-order valence-electron chi connectivity index (χ1n) is 9.21. The molecule has 144 valence electrons. The second-order valence-corrected chi connectivity index (χ2v) is 7.74. The van der Waals surface area contributed by atoms with Crippen LogP contribution in [-0.2, 0) is 9.59 Å². The number of carbonyl (C=O) groups is 2. The average Bonchev–Trinajstić information content (AvgIpc) is 3.14. The lowest BCUT2D eigenvalue weighted by atomic mass is 9.94. The lowest BCUT2D eigenvalue weighted by Crippen LogP contribution is -2.39. The van der Waals surface area contributed by atoms with Gasteiger partial charge in [0.15, 0.2) is 5.16 Å². The molecule has 27 heavy (non-hydrogen) atoms. The Morgan fingerprint density at radius 2 is 2.07 bits per heavy atom. The van der Waals surface area contributed by atoms with Gasteiger partial charge in [-0.15, -0.1) is 10.2 Å². The molecule has 1 aromatic carbocycles. The Labute approximate surface area is 163 Å². The van der Waals surface area contributed by atoms with Crippen molar-refractivity contribution in [1.82, 2.24) is 19.7 Å². The Balaban J connectivity index is 1.65. The molecule has 2 aromatic rings. The van der Waals surface area contributed by atoms with Crippen molar-refractivity contribution in [3.8, 4) is 5.69 Å². The monoisotopic (exact) mass is 387 g/mol. The van der Waals surface area contributed by atoms with Gasteiger partial charge in [-0.1, -0.05) is 37.1 Å². The summed E-state index contributed by atoms with van der Waals surface area (Å²) in [6.07, 6.45) is 7.49. The summed E-state index contributed by atoms with van der Waals surface area (Å²) in [5.74, 6) is 0.326. The van der Waals surface area contributed by atoms with Gasteiger partial charge in [0.25, 0.3) is 0 Å². The van der Waals surface area contributed by atoms with Gasteiger partial charge < -0.3 is 10.2 Å². The van der Waals surface area contributed by atoms with Crippen molar-refractivity contribution < 1.29 is 9.59 Å². The SMILES string of the molecule is CC(=O)Nc1cccc(-n2cnnc2SCC(=O)N(C)C2CCCCC2)c1. The van der Waals surface area contributed by atoms with Gasteiger partial charge in [0.05, 0.1) is 11.4 Å². The van der Waals surface area contributed by atoms with Gasteiger partial charge >= 0.3 is 0 Å². The molecule has 1 aliphatic carbocycles.